The molecule has 0 saturated heterocycles. The molecule has 3 N–H and O–H groups in total. The molecule has 3 aromatic rings. The number of hydrogen-bond acceptors (Lipinski definition) is 5. The fourth-order valence-electron chi connectivity index (χ4n) is 3.43. The van der Waals surface area contributed by atoms with Gasteiger partial charge in [0.05, 0.1) is 17.9 Å². The quantitative estimate of drug-likeness (QED) is 0.632. The van der Waals surface area contributed by atoms with Gasteiger partial charge in [-0.2, -0.15) is 5.10 Å². The molecule has 0 amide bonds. The fraction of sp³-hybridized carbons (Fsp3) is 0.120. The zero-order valence-electron chi connectivity index (χ0n) is 17.2. The van der Waals surface area contributed by atoms with Gasteiger partial charge in [0.2, 0.25) is 0 Å². The van der Waals surface area contributed by atoms with Gasteiger partial charge in [0.15, 0.2) is 0 Å². The maximum atomic E-state index is 6.70. The van der Waals surface area contributed by atoms with Crippen molar-refractivity contribution in [3.8, 4) is 0 Å². The van der Waals surface area contributed by atoms with Crippen LogP contribution in [0.15, 0.2) is 84.1 Å². The van der Waals surface area contributed by atoms with Gasteiger partial charge in [0.25, 0.3) is 0 Å². The Kier molecular flexibility index (Phi) is 5.61. The Morgan fingerprint density at radius 1 is 1.00 bits per heavy atom. The van der Waals surface area contributed by atoms with Gasteiger partial charge in [0, 0.05) is 23.7 Å². The van der Waals surface area contributed by atoms with Crippen molar-refractivity contribution >= 4 is 29.1 Å². The smallest absolute Gasteiger partial charge is 0.130 e. The van der Waals surface area contributed by atoms with Crippen LogP contribution in [0.5, 0.6) is 0 Å². The van der Waals surface area contributed by atoms with Gasteiger partial charge >= 0.3 is 0 Å². The lowest BCUT2D eigenvalue weighted by molar-refractivity contribution is 0.467. The van der Waals surface area contributed by atoms with Crippen LogP contribution in [0.3, 0.4) is 0 Å². The van der Waals surface area contributed by atoms with Crippen LogP contribution in [-0.2, 0) is 0 Å². The van der Waals surface area contributed by atoms with E-state index in [0.29, 0.717) is 12.2 Å². The van der Waals surface area contributed by atoms with Crippen LogP contribution in [0.4, 0.5) is 11.5 Å². The van der Waals surface area contributed by atoms with E-state index in [4.69, 9.17) is 5.73 Å². The topological polar surface area (TPSA) is 66.5 Å². The van der Waals surface area contributed by atoms with E-state index in [1.54, 1.807) is 12.4 Å². The van der Waals surface area contributed by atoms with Crippen molar-refractivity contribution in [2.75, 3.05) is 11.9 Å². The predicted octanol–water partition coefficient (Wildman–Crippen LogP) is 5.08. The zero-order chi connectivity index (χ0) is 20.9. The van der Waals surface area contributed by atoms with E-state index >= 15 is 0 Å². The lowest BCUT2D eigenvalue weighted by Crippen LogP contribution is -2.21. The molecular weight excluding hydrogens is 370 g/mol. The fourth-order valence-corrected chi connectivity index (χ4v) is 3.43. The first-order valence-electron chi connectivity index (χ1n) is 9.94. The van der Waals surface area contributed by atoms with E-state index in [0.717, 1.165) is 39.5 Å². The van der Waals surface area contributed by atoms with E-state index in [-0.39, 0.29) is 0 Å². The maximum Gasteiger partial charge on any atom is 0.130 e. The van der Waals surface area contributed by atoms with Gasteiger partial charge in [-0.3, -0.25) is 5.01 Å². The van der Waals surface area contributed by atoms with Crippen LogP contribution in [0.2, 0.25) is 0 Å². The average molecular weight is 396 g/mol. The summed E-state index contributed by atoms with van der Waals surface area (Å²) in [5, 5.41) is 9.88. The lowest BCUT2D eigenvalue weighted by Gasteiger charge is -2.25. The molecule has 0 spiro atoms. The molecule has 150 valence electrons. The summed E-state index contributed by atoms with van der Waals surface area (Å²) in [4.78, 5) is 4.50. The molecule has 1 aliphatic rings. The minimum Gasteiger partial charge on any atom is -0.396 e. The molecule has 0 fully saturated rings. The average Bonchev–Trinajstić information content (AvgIpc) is 2.77. The SMILES string of the molecule is Cc1cccc(/C(N)=C(\c2ccnc(Nc3ccccc3C)c2)N2CC=CC=N2)c1. The van der Waals surface area contributed by atoms with Crippen LogP contribution in [0.1, 0.15) is 22.3 Å². The van der Waals surface area contributed by atoms with Crippen molar-refractivity contribution in [2.24, 2.45) is 10.8 Å². The van der Waals surface area contributed by atoms with Gasteiger partial charge in [-0.15, -0.1) is 0 Å². The molecule has 1 aromatic heterocycles. The Morgan fingerprint density at radius 2 is 1.87 bits per heavy atom. The van der Waals surface area contributed by atoms with Gasteiger partial charge in [0.1, 0.15) is 5.82 Å². The third-order valence-electron chi connectivity index (χ3n) is 4.99. The monoisotopic (exact) mass is 395 g/mol. The Balaban J connectivity index is 1.78. The highest BCUT2D eigenvalue weighted by Crippen LogP contribution is 2.29. The summed E-state index contributed by atoms with van der Waals surface area (Å²) in [6, 6.07) is 20.3. The molecule has 4 rings (SSSR count). The summed E-state index contributed by atoms with van der Waals surface area (Å²) in [5.74, 6) is 0.757. The van der Waals surface area contributed by atoms with Crippen molar-refractivity contribution in [1.82, 2.24) is 9.99 Å². The molecule has 30 heavy (non-hydrogen) atoms. The Morgan fingerprint density at radius 3 is 2.63 bits per heavy atom. The number of hydrogen-bond donors (Lipinski definition) is 2. The number of benzene rings is 2. The molecule has 1 aliphatic heterocycles. The van der Waals surface area contributed by atoms with Crippen LogP contribution >= 0.6 is 0 Å². The summed E-state index contributed by atoms with van der Waals surface area (Å²) >= 11 is 0. The zero-order valence-corrected chi connectivity index (χ0v) is 17.2. The number of pyridine rings is 1. The highest BCUT2D eigenvalue weighted by atomic mass is 15.5. The number of nitrogens with zero attached hydrogens (tertiary/aromatic N) is 3. The first-order valence-corrected chi connectivity index (χ1v) is 9.94. The molecule has 5 heteroatoms. The van der Waals surface area contributed by atoms with Gasteiger partial charge in [-0.1, -0.05) is 48.0 Å². The normalized spacial score (nSPS) is 13.9. The van der Waals surface area contributed by atoms with E-state index in [9.17, 15) is 0 Å². The number of hydrazone groups is 1. The summed E-state index contributed by atoms with van der Waals surface area (Å²) in [6.07, 6.45) is 7.57. The minimum absolute atomic E-state index is 0.654. The molecule has 0 aliphatic carbocycles. The van der Waals surface area contributed by atoms with Gasteiger partial charge in [-0.25, -0.2) is 4.98 Å². The number of allylic oxidation sites excluding steroid dienone is 1. The number of nitrogens with two attached hydrogens (primary N) is 1. The Hall–Kier alpha value is -3.86. The van der Waals surface area contributed by atoms with Crippen LogP contribution in [0.25, 0.3) is 11.4 Å². The number of nitrogens with one attached hydrogen (secondary N) is 1. The van der Waals surface area contributed by atoms with Crippen molar-refractivity contribution in [3.63, 3.8) is 0 Å². The number of rotatable bonds is 5. The standard InChI is InChI=1S/C25H25N5/c1-18-8-7-10-20(16-18)24(26)25(30-15-6-5-13-28-30)21-12-14-27-23(17-21)29-22-11-4-3-9-19(22)2/h3-14,16-17H,15,26H2,1-2H3,(H,27,29)/b25-24-. The second kappa shape index (κ2) is 8.66. The molecule has 2 aromatic carbocycles. The maximum absolute atomic E-state index is 6.70. The van der Waals surface area contributed by atoms with E-state index in [1.807, 2.05) is 53.5 Å². The Labute approximate surface area is 177 Å². The molecular formula is C25H25N5. The lowest BCUT2D eigenvalue weighted by atomic mass is 10.0. The first kappa shape index (κ1) is 19.5. The van der Waals surface area contributed by atoms with Gasteiger partial charge in [-0.05, 0) is 55.3 Å². The van der Waals surface area contributed by atoms with Crippen LogP contribution < -0.4 is 11.1 Å². The summed E-state index contributed by atoms with van der Waals surface area (Å²) in [6.45, 7) is 4.79. The third kappa shape index (κ3) is 4.25. The van der Waals surface area contributed by atoms with E-state index in [2.05, 4.69) is 53.5 Å². The first-order chi connectivity index (χ1) is 14.6. The number of aryl methyl sites for hydroxylation is 2. The van der Waals surface area contributed by atoms with Crippen molar-refractivity contribution in [2.45, 2.75) is 13.8 Å². The van der Waals surface area contributed by atoms with E-state index < -0.39 is 0 Å². The second-order valence-corrected chi connectivity index (χ2v) is 7.28. The molecule has 2 heterocycles. The minimum atomic E-state index is 0.654. The molecule has 0 bridgehead atoms. The second-order valence-electron chi connectivity index (χ2n) is 7.28. The summed E-state index contributed by atoms with van der Waals surface area (Å²) in [5.41, 5.74) is 13.5. The third-order valence-corrected chi connectivity index (χ3v) is 4.99. The molecule has 5 nitrogen and oxygen atoms in total. The molecule has 0 radical (unpaired) electrons. The predicted molar refractivity (Wildman–Crippen MR) is 125 cm³/mol. The van der Waals surface area contributed by atoms with Crippen molar-refractivity contribution < 1.29 is 0 Å². The molecule has 0 saturated carbocycles. The van der Waals surface area contributed by atoms with Crippen molar-refractivity contribution in [3.05, 3.63) is 101 Å². The largest absolute Gasteiger partial charge is 0.396 e. The van der Waals surface area contributed by atoms with E-state index in [1.165, 1.54) is 0 Å². The van der Waals surface area contributed by atoms with Crippen LogP contribution in [-0.4, -0.2) is 22.8 Å². The van der Waals surface area contributed by atoms with Crippen molar-refractivity contribution in [1.29, 1.82) is 0 Å². The van der Waals surface area contributed by atoms with Gasteiger partial charge < -0.3 is 11.1 Å². The summed E-state index contributed by atoms with van der Waals surface area (Å²) < 4.78 is 0. The number of para-hydroxylation sites is 1. The highest BCUT2D eigenvalue weighted by molar-refractivity contribution is 5.89. The highest BCUT2D eigenvalue weighted by Gasteiger charge is 2.17. The summed E-state index contributed by atoms with van der Waals surface area (Å²) in [7, 11) is 0. The molecule has 0 atom stereocenters. The van der Waals surface area contributed by atoms with Crippen LogP contribution in [0, 0.1) is 13.8 Å². The molecule has 0 unspecified atom stereocenters. The number of aromatic nitrogens is 1. The number of anilines is 2. The Bertz CT molecular complexity index is 1140.